The van der Waals surface area contributed by atoms with Crippen molar-refractivity contribution in [2.75, 3.05) is 53.8 Å². The van der Waals surface area contributed by atoms with Crippen LogP contribution in [0, 0.1) is 58.2 Å². The fourth-order valence-corrected chi connectivity index (χ4v) is 16.1. The van der Waals surface area contributed by atoms with Gasteiger partial charge in [-0.25, -0.2) is 0 Å². The Bertz CT molecular complexity index is 3100. The minimum absolute atomic E-state index is 0.00113. The number of ether oxygens (including phenoxy) is 9. The Hall–Kier alpha value is -5.80. The molecule has 0 aromatic heterocycles. The van der Waals surface area contributed by atoms with E-state index in [2.05, 4.69) is 63.6 Å². The fourth-order valence-electron chi connectivity index (χ4n) is 16.1. The molecule has 2 aliphatic heterocycles. The Balaban J connectivity index is 0.824. The van der Waals surface area contributed by atoms with Crippen LogP contribution >= 0.6 is 0 Å². The number of hydrogen-bond acceptors (Lipinski definition) is 12. The topological polar surface area (TPSA) is 144 Å². The second-order valence-electron chi connectivity index (χ2n) is 27.3. The summed E-state index contributed by atoms with van der Waals surface area (Å²) in [7, 11) is 3.23. The predicted molar refractivity (Wildman–Crippen MR) is 335 cm³/mol. The van der Waals surface area contributed by atoms with Gasteiger partial charge in [0.25, 0.3) is 0 Å². The molecule has 95 heavy (non-hydrogen) atoms. The third kappa shape index (κ3) is 15.6. The lowest BCUT2D eigenvalue weighted by Crippen LogP contribution is -2.67. The van der Waals surface area contributed by atoms with Gasteiger partial charge < -0.3 is 47.5 Å². The summed E-state index contributed by atoms with van der Waals surface area (Å²) >= 11 is 0. The number of likely N-dealkylation sites (tertiary alicyclic amines) is 1. The van der Waals surface area contributed by atoms with E-state index in [0.29, 0.717) is 56.3 Å². The Labute approximate surface area is 551 Å². The highest BCUT2D eigenvalue weighted by Crippen LogP contribution is 2.62. The first-order valence-electron chi connectivity index (χ1n) is 33.4. The van der Waals surface area contributed by atoms with Gasteiger partial charge in [0, 0.05) is 38.0 Å². The first-order chi connectivity index (χ1) is 45.1. The quantitative estimate of drug-likeness (QED) is 0.0161. The summed E-state index contributed by atoms with van der Waals surface area (Å²) in [4.78, 5) is 30.6. The molecule has 0 N–H and O–H groups in total. The molecule has 3 aliphatic carbocycles. The number of rotatable bonds is 30. The van der Waals surface area contributed by atoms with Gasteiger partial charge in [-0.3, -0.25) is 9.59 Å². The SMILES string of the molecule is COc1ccc(C(OC[C@H]2O[C@@H](N3CC(C)C(=O)C(CCCCOCc4ccc5c(c4)CCC4C5CCC5(C)C(OCCCOC(C(F)(F)F)(C(F)(F)F)C(F)(F)F)CCC45)C3=O)CC2OC(OCCC#N)C(C(C)C)C(C)C)(c2ccccc2)c2ccc(OC)cc2)cc1. The smallest absolute Gasteiger partial charge is 0.435 e. The van der Waals surface area contributed by atoms with Crippen LogP contribution in [0.25, 0.3) is 0 Å². The zero-order chi connectivity index (χ0) is 68.7. The van der Waals surface area contributed by atoms with Crippen LogP contribution in [-0.4, -0.2) is 125 Å². The highest BCUT2D eigenvalue weighted by Gasteiger charge is 2.85. The number of benzene rings is 4. The zero-order valence-corrected chi connectivity index (χ0v) is 55.5. The lowest BCUT2D eigenvalue weighted by atomic mass is 9.55. The molecule has 0 bridgehead atoms. The van der Waals surface area contributed by atoms with Crippen LogP contribution < -0.4 is 9.47 Å². The van der Waals surface area contributed by atoms with E-state index in [9.17, 15) is 54.4 Å². The van der Waals surface area contributed by atoms with Crippen LogP contribution in [0.1, 0.15) is 151 Å². The minimum atomic E-state index is -6.78. The van der Waals surface area contributed by atoms with E-state index in [-0.39, 0.29) is 92.0 Å². The molecule has 2 saturated heterocycles. The van der Waals surface area contributed by atoms with Crippen molar-refractivity contribution >= 4 is 11.7 Å². The number of carbonyl (C=O) groups is 2. The molecule has 4 fully saturated rings. The maximum atomic E-state index is 14.8. The number of unbranched alkanes of at least 4 members (excludes halogenated alkanes) is 1. The van der Waals surface area contributed by atoms with Gasteiger partial charge in [0.05, 0.1) is 71.3 Å². The molecule has 5 aliphatic rings. The molecule has 0 spiro atoms. The number of fused-ring (bicyclic) bond motifs is 5. The number of alkyl halides is 9. The molecule has 4 aromatic rings. The third-order valence-corrected chi connectivity index (χ3v) is 20.8. The van der Waals surface area contributed by atoms with Crippen molar-refractivity contribution in [1.82, 2.24) is 4.90 Å². The van der Waals surface area contributed by atoms with Gasteiger partial charge in [0.15, 0.2) is 6.29 Å². The Morgan fingerprint density at radius 1 is 0.726 bits per heavy atom. The third-order valence-electron chi connectivity index (χ3n) is 20.8. The average molecular weight is 1340 g/mol. The van der Waals surface area contributed by atoms with Crippen molar-refractivity contribution in [3.8, 4) is 17.6 Å². The number of amides is 1. The standard InChI is InChI=1S/C73H91F9N2O11/c1-45(2)64(46(3)4)67(91-37-14-35-83)95-60-41-63(94-61(60)44-93-69(50-16-10-9-11-17-50,51-21-25-53(87-7)26-22-51)52-23-27-54(88-8)28-24-52)84-42-47(5)65(85)58(66(84)86)18-12-13-36-89-43-48-19-29-55-49(40-48)20-30-57-56(55)33-34-68(6)59(57)31-32-62(68)90-38-15-39-92-70(71(74,75)76,72(77,78)79)73(80,81)82/h9-11,16-17,19,21-29,40,45-47,56-64,67H,12-15,18,20,30-34,36-39,41-44H2,1-8H3/t47?,56?,57?,58?,59?,60?,61-,62?,63-,67?,68?/m1/s1. The van der Waals surface area contributed by atoms with E-state index >= 15 is 0 Å². The van der Waals surface area contributed by atoms with E-state index in [4.69, 9.17) is 37.9 Å². The summed E-state index contributed by atoms with van der Waals surface area (Å²) in [5.74, 6) is 0.593. The molecule has 2 saturated carbocycles. The summed E-state index contributed by atoms with van der Waals surface area (Å²) in [6.07, 6.45) is -17.5. The highest BCUT2D eigenvalue weighted by molar-refractivity contribution is 6.04. The van der Waals surface area contributed by atoms with Gasteiger partial charge in [0.2, 0.25) is 5.91 Å². The van der Waals surface area contributed by atoms with Gasteiger partial charge in [-0.15, -0.1) is 0 Å². The van der Waals surface area contributed by atoms with E-state index in [1.165, 1.54) is 11.1 Å². The van der Waals surface area contributed by atoms with Crippen molar-refractivity contribution in [1.29, 1.82) is 5.26 Å². The predicted octanol–water partition coefficient (Wildman–Crippen LogP) is 15.8. The summed E-state index contributed by atoms with van der Waals surface area (Å²) in [6, 6.07) is 34.0. The number of carbonyl (C=O) groups excluding carboxylic acids is 2. The monoisotopic (exact) mass is 1340 g/mol. The molecule has 9 unspecified atom stereocenters. The van der Waals surface area contributed by atoms with Crippen LogP contribution in [-0.2, 0) is 61.4 Å². The van der Waals surface area contributed by atoms with E-state index < -0.39 is 79.3 Å². The van der Waals surface area contributed by atoms with Crippen molar-refractivity contribution in [2.45, 2.75) is 192 Å². The Kier molecular flexibility index (Phi) is 23.9. The lowest BCUT2D eigenvalue weighted by molar-refractivity contribution is -0.457. The molecule has 11 atom stereocenters. The molecular formula is C73H91F9N2O11. The van der Waals surface area contributed by atoms with Gasteiger partial charge in [-0.05, 0) is 157 Å². The van der Waals surface area contributed by atoms with Gasteiger partial charge >= 0.3 is 24.1 Å². The highest BCUT2D eigenvalue weighted by atomic mass is 19.4. The summed E-state index contributed by atoms with van der Waals surface area (Å²) < 4.78 is 176. The van der Waals surface area contributed by atoms with Crippen molar-refractivity contribution in [3.05, 3.63) is 130 Å². The summed E-state index contributed by atoms with van der Waals surface area (Å²) in [5, 5.41) is 9.57. The zero-order valence-electron chi connectivity index (χ0n) is 55.5. The van der Waals surface area contributed by atoms with Crippen molar-refractivity contribution in [3.63, 3.8) is 0 Å². The van der Waals surface area contributed by atoms with Gasteiger partial charge in [-0.2, -0.15) is 44.8 Å². The first-order valence-corrected chi connectivity index (χ1v) is 33.4. The minimum Gasteiger partial charge on any atom is -0.497 e. The van der Waals surface area contributed by atoms with Crippen molar-refractivity contribution < 1.29 is 91.7 Å². The van der Waals surface area contributed by atoms with E-state index in [1.807, 2.05) is 85.8 Å². The second-order valence-corrected chi connectivity index (χ2v) is 27.3. The molecule has 9 rings (SSSR count). The first kappa shape index (κ1) is 73.4. The number of hydrogen-bond donors (Lipinski definition) is 0. The molecule has 1 amide bonds. The maximum absolute atomic E-state index is 14.8. The molecule has 13 nitrogen and oxygen atoms in total. The lowest BCUT2D eigenvalue weighted by Gasteiger charge is -2.50. The summed E-state index contributed by atoms with van der Waals surface area (Å²) in [5.41, 5.74) is -1.83. The van der Waals surface area contributed by atoms with Crippen LogP contribution in [0.3, 0.4) is 0 Å². The summed E-state index contributed by atoms with van der Waals surface area (Å²) in [6.45, 7) is 11.7. The largest absolute Gasteiger partial charge is 0.497 e. The van der Waals surface area contributed by atoms with Crippen LogP contribution in [0.4, 0.5) is 39.5 Å². The maximum Gasteiger partial charge on any atom is 0.435 e. The number of ketones is 1. The molecule has 2 heterocycles. The number of methoxy groups -OCH3 is 2. The Morgan fingerprint density at radius 2 is 1.36 bits per heavy atom. The average Bonchev–Trinajstić information content (AvgIpc) is 1.48. The second kappa shape index (κ2) is 31.0. The van der Waals surface area contributed by atoms with E-state index in [0.717, 1.165) is 54.4 Å². The van der Waals surface area contributed by atoms with Crippen LogP contribution in [0.5, 0.6) is 11.5 Å². The molecule has 0 radical (unpaired) electrons. The number of aryl methyl sites for hydroxylation is 1. The molecular weight excluding hydrogens is 1250 g/mol. The fraction of sp³-hybridized carbons (Fsp3) is 0.630. The van der Waals surface area contributed by atoms with Gasteiger partial charge in [0.1, 0.15) is 35.2 Å². The number of piperidine rings is 1. The number of nitriles is 1. The van der Waals surface area contributed by atoms with E-state index in [1.54, 1.807) is 19.1 Å². The number of halogens is 9. The molecule has 522 valence electrons. The number of nitrogens with zero attached hydrogens (tertiary/aromatic N) is 2. The van der Waals surface area contributed by atoms with Gasteiger partial charge in [-0.1, -0.05) is 114 Å². The normalized spacial score (nSPS) is 25.4. The molecule has 4 aromatic carbocycles. The van der Waals surface area contributed by atoms with Crippen LogP contribution in [0.15, 0.2) is 97.1 Å². The molecule has 22 heteroatoms. The Morgan fingerprint density at radius 3 is 1.96 bits per heavy atom. The van der Waals surface area contributed by atoms with Crippen molar-refractivity contribution in [2.24, 2.45) is 46.8 Å². The number of Topliss-reactive ketones (excluding diaryl/α,β-unsaturated/α-hetero) is 1. The van der Waals surface area contributed by atoms with Crippen LogP contribution in [0.2, 0.25) is 0 Å².